The first-order chi connectivity index (χ1) is 5.79. The highest BCUT2D eigenvalue weighted by atomic mass is 35.5. The zero-order valence-corrected chi connectivity index (χ0v) is 9.08. The van der Waals surface area contributed by atoms with Crippen molar-refractivity contribution in [2.45, 2.75) is 6.92 Å². The molecule has 0 aliphatic carbocycles. The Morgan fingerprint density at radius 1 is 1.71 bits per heavy atom. The zero-order chi connectivity index (χ0) is 8.97. The Labute approximate surface area is 93.4 Å². The second kappa shape index (κ2) is 7.43. The van der Waals surface area contributed by atoms with E-state index in [1.807, 2.05) is 0 Å². The van der Waals surface area contributed by atoms with Crippen LogP contribution in [0.3, 0.4) is 0 Å². The van der Waals surface area contributed by atoms with Crippen LogP contribution in [0.1, 0.15) is 17.3 Å². The molecule has 1 heterocycles. The number of aromatic nitrogens is 2. The van der Waals surface area contributed by atoms with E-state index in [0.717, 1.165) is 0 Å². The summed E-state index contributed by atoms with van der Waals surface area (Å²) in [5.41, 5.74) is 2.58. The van der Waals surface area contributed by atoms with Crippen LogP contribution in [0.5, 0.6) is 0 Å². The van der Waals surface area contributed by atoms with Gasteiger partial charge in [-0.15, -0.1) is 24.8 Å². The number of hydrogen-bond donors (Lipinski definition) is 3. The molecule has 14 heavy (non-hydrogen) atoms. The van der Waals surface area contributed by atoms with Crippen molar-refractivity contribution in [3.05, 3.63) is 11.8 Å². The van der Waals surface area contributed by atoms with Gasteiger partial charge in [-0.3, -0.25) is 5.10 Å². The summed E-state index contributed by atoms with van der Waals surface area (Å²) in [4.78, 5) is 11.1. The quantitative estimate of drug-likeness (QED) is 0.413. The molecule has 0 spiro atoms. The molecule has 1 aromatic heterocycles. The maximum absolute atomic E-state index is 11.1. The normalized spacial score (nSPS) is 8.14. The number of hydrogen-bond acceptors (Lipinski definition) is 5. The van der Waals surface area contributed by atoms with E-state index in [2.05, 4.69) is 15.6 Å². The number of nitrogens with one attached hydrogen (secondary N) is 2. The van der Waals surface area contributed by atoms with Crippen LogP contribution in [0.25, 0.3) is 0 Å². The van der Waals surface area contributed by atoms with Crippen molar-refractivity contribution in [1.29, 1.82) is 0 Å². The van der Waals surface area contributed by atoms with Gasteiger partial charge >= 0.3 is 5.97 Å². The van der Waals surface area contributed by atoms with E-state index >= 15 is 0 Å². The average Bonchev–Trinajstić information content (AvgIpc) is 2.51. The number of carbonyl (C=O) groups excluding carboxylic acids is 1. The van der Waals surface area contributed by atoms with Gasteiger partial charge in [0.25, 0.3) is 0 Å². The van der Waals surface area contributed by atoms with Crippen LogP contribution < -0.4 is 11.3 Å². The number of ether oxygens (including phenoxy) is 1. The number of nitrogen functional groups attached to an aromatic ring is 1. The van der Waals surface area contributed by atoms with Crippen LogP contribution in [-0.4, -0.2) is 22.8 Å². The van der Waals surface area contributed by atoms with Crippen LogP contribution in [0.15, 0.2) is 6.20 Å². The van der Waals surface area contributed by atoms with Gasteiger partial charge in [-0.25, -0.2) is 10.6 Å². The standard InChI is InChI=1S/C6H10N4O2.2ClH/c1-2-12-6(11)4-3-8-10-5(4)9-7;;/h3H,2,7H2,1H3,(H2,8,9,10);2*1H. The van der Waals surface area contributed by atoms with E-state index in [1.54, 1.807) is 6.92 Å². The number of aromatic amines is 1. The molecule has 82 valence electrons. The molecule has 0 aliphatic heterocycles. The lowest BCUT2D eigenvalue weighted by atomic mass is 10.3. The summed E-state index contributed by atoms with van der Waals surface area (Å²) in [6, 6.07) is 0. The van der Waals surface area contributed by atoms with Gasteiger partial charge in [0.15, 0.2) is 5.82 Å². The van der Waals surface area contributed by atoms with Crippen LogP contribution in [-0.2, 0) is 4.74 Å². The smallest absolute Gasteiger partial charge is 0.343 e. The number of nitrogens with zero attached hydrogens (tertiary/aromatic N) is 1. The maximum atomic E-state index is 11.1. The number of nitrogens with two attached hydrogens (primary N) is 1. The molecule has 4 N–H and O–H groups in total. The van der Waals surface area contributed by atoms with Crippen LogP contribution >= 0.6 is 24.8 Å². The minimum Gasteiger partial charge on any atom is -0.462 e. The molecule has 1 rings (SSSR count). The van der Waals surface area contributed by atoms with E-state index < -0.39 is 5.97 Å². The minimum atomic E-state index is -0.445. The van der Waals surface area contributed by atoms with Crippen LogP contribution in [0, 0.1) is 0 Å². The minimum absolute atomic E-state index is 0. The summed E-state index contributed by atoms with van der Waals surface area (Å²) in [5.74, 6) is 4.93. The molecule has 6 nitrogen and oxygen atoms in total. The van der Waals surface area contributed by atoms with Gasteiger partial charge in [-0.05, 0) is 6.92 Å². The Kier molecular flexibility index (Phi) is 8.22. The van der Waals surface area contributed by atoms with Crippen molar-refractivity contribution in [1.82, 2.24) is 10.2 Å². The molecule has 0 atom stereocenters. The lowest BCUT2D eigenvalue weighted by molar-refractivity contribution is 0.0527. The molecule has 0 bridgehead atoms. The van der Waals surface area contributed by atoms with Gasteiger partial charge in [0.1, 0.15) is 5.56 Å². The highest BCUT2D eigenvalue weighted by Gasteiger charge is 2.13. The van der Waals surface area contributed by atoms with Crippen LogP contribution in [0.4, 0.5) is 5.82 Å². The van der Waals surface area contributed by atoms with Gasteiger partial charge in [0, 0.05) is 6.20 Å². The third-order valence-corrected chi connectivity index (χ3v) is 1.27. The number of halogens is 2. The second-order valence-corrected chi connectivity index (χ2v) is 2.01. The molecular formula is C6H12Cl2N4O2. The lowest BCUT2D eigenvalue weighted by Crippen LogP contribution is -2.12. The number of hydrazine groups is 1. The van der Waals surface area contributed by atoms with Crippen molar-refractivity contribution in [3.8, 4) is 0 Å². The molecule has 0 radical (unpaired) electrons. The highest BCUT2D eigenvalue weighted by Crippen LogP contribution is 2.09. The SMILES string of the molecule is CCOC(=O)c1c[nH]nc1NN.Cl.Cl. The summed E-state index contributed by atoms with van der Waals surface area (Å²) in [7, 11) is 0. The number of rotatable bonds is 3. The van der Waals surface area contributed by atoms with E-state index in [9.17, 15) is 4.79 Å². The van der Waals surface area contributed by atoms with Crippen molar-refractivity contribution in [3.63, 3.8) is 0 Å². The fraction of sp³-hybridized carbons (Fsp3) is 0.333. The summed E-state index contributed by atoms with van der Waals surface area (Å²) < 4.78 is 4.73. The van der Waals surface area contributed by atoms with Crippen molar-refractivity contribution >= 4 is 36.6 Å². The zero-order valence-electron chi connectivity index (χ0n) is 7.44. The lowest BCUT2D eigenvalue weighted by Gasteiger charge is -1.99. The number of anilines is 1. The van der Waals surface area contributed by atoms with Gasteiger partial charge < -0.3 is 10.2 Å². The monoisotopic (exact) mass is 242 g/mol. The summed E-state index contributed by atoms with van der Waals surface area (Å²) >= 11 is 0. The predicted molar refractivity (Wildman–Crippen MR) is 56.9 cm³/mol. The average molecular weight is 243 g/mol. The number of carbonyl (C=O) groups is 1. The summed E-state index contributed by atoms with van der Waals surface area (Å²) in [6.45, 7) is 2.06. The molecule has 8 heteroatoms. The Hall–Kier alpha value is -0.980. The molecule has 0 aliphatic rings. The first-order valence-corrected chi connectivity index (χ1v) is 3.47. The molecule has 0 aromatic carbocycles. The third kappa shape index (κ3) is 3.41. The molecule has 0 saturated carbocycles. The van der Waals surface area contributed by atoms with Gasteiger partial charge in [0.05, 0.1) is 6.61 Å². The first kappa shape index (κ1) is 15.5. The molecule has 0 amide bonds. The summed E-state index contributed by atoms with van der Waals surface area (Å²) in [5, 5.41) is 6.17. The first-order valence-electron chi connectivity index (χ1n) is 3.47. The largest absolute Gasteiger partial charge is 0.462 e. The Bertz CT molecular complexity index is 279. The van der Waals surface area contributed by atoms with Gasteiger partial charge in [-0.2, -0.15) is 5.10 Å². The third-order valence-electron chi connectivity index (χ3n) is 1.27. The molecule has 0 unspecified atom stereocenters. The van der Waals surface area contributed by atoms with E-state index in [0.29, 0.717) is 12.2 Å². The molecule has 0 saturated heterocycles. The maximum Gasteiger partial charge on any atom is 0.343 e. The topological polar surface area (TPSA) is 93.0 Å². The second-order valence-electron chi connectivity index (χ2n) is 2.01. The van der Waals surface area contributed by atoms with Crippen LogP contribution in [0.2, 0.25) is 0 Å². The Balaban J connectivity index is 0. The summed E-state index contributed by atoms with van der Waals surface area (Å²) in [6.07, 6.45) is 1.42. The van der Waals surface area contributed by atoms with Gasteiger partial charge in [-0.1, -0.05) is 0 Å². The molecule has 0 fully saturated rings. The van der Waals surface area contributed by atoms with Crippen molar-refractivity contribution < 1.29 is 9.53 Å². The predicted octanol–water partition coefficient (Wildman–Crippen LogP) is 0.716. The molecule has 1 aromatic rings. The molecular weight excluding hydrogens is 231 g/mol. The van der Waals surface area contributed by atoms with E-state index in [-0.39, 0.29) is 30.6 Å². The van der Waals surface area contributed by atoms with E-state index in [1.165, 1.54) is 6.20 Å². The van der Waals surface area contributed by atoms with E-state index in [4.69, 9.17) is 10.6 Å². The fourth-order valence-corrected chi connectivity index (χ4v) is 0.764. The Morgan fingerprint density at radius 3 is 2.86 bits per heavy atom. The van der Waals surface area contributed by atoms with Crippen molar-refractivity contribution in [2.75, 3.05) is 12.0 Å². The number of H-pyrrole nitrogens is 1. The fourth-order valence-electron chi connectivity index (χ4n) is 0.764. The van der Waals surface area contributed by atoms with Gasteiger partial charge in [0.2, 0.25) is 0 Å². The Morgan fingerprint density at radius 2 is 2.36 bits per heavy atom. The number of esters is 1. The highest BCUT2D eigenvalue weighted by molar-refractivity contribution is 5.94. The van der Waals surface area contributed by atoms with Crippen molar-refractivity contribution in [2.24, 2.45) is 5.84 Å².